The van der Waals surface area contributed by atoms with Crippen LogP contribution in [0.3, 0.4) is 0 Å². The zero-order valence-corrected chi connectivity index (χ0v) is 13.7. The van der Waals surface area contributed by atoms with Gasteiger partial charge in [0.15, 0.2) is 6.79 Å². The fraction of sp³-hybridized carbons (Fsp3) is 0.571. The van der Waals surface area contributed by atoms with E-state index in [2.05, 4.69) is 19.6 Å². The van der Waals surface area contributed by atoms with Crippen molar-refractivity contribution in [2.24, 2.45) is 0 Å². The summed E-state index contributed by atoms with van der Waals surface area (Å²) in [6.07, 6.45) is 0. The summed E-state index contributed by atoms with van der Waals surface area (Å²) in [5.41, 5.74) is 7.66. The lowest BCUT2D eigenvalue weighted by atomic mass is 10.2. The number of ether oxygens (including phenoxy) is 2. The van der Waals surface area contributed by atoms with E-state index in [0.717, 1.165) is 24.1 Å². The maximum absolute atomic E-state index is 5.95. The van der Waals surface area contributed by atoms with Gasteiger partial charge in [-0.05, 0) is 18.2 Å². The Morgan fingerprint density at radius 3 is 2.42 bits per heavy atom. The van der Waals surface area contributed by atoms with Gasteiger partial charge in [-0.1, -0.05) is 19.6 Å². The Balaban J connectivity index is 2.36. The smallest absolute Gasteiger partial charge is 0.189 e. The molecule has 0 saturated heterocycles. The molecule has 0 spiro atoms. The molecule has 0 radical (unpaired) electrons. The third-order valence-electron chi connectivity index (χ3n) is 2.79. The van der Waals surface area contributed by atoms with Crippen molar-refractivity contribution in [3.8, 4) is 5.75 Å². The predicted molar refractivity (Wildman–Crippen MR) is 84.8 cm³/mol. The van der Waals surface area contributed by atoms with Crippen molar-refractivity contribution < 1.29 is 9.47 Å². The van der Waals surface area contributed by atoms with Gasteiger partial charge >= 0.3 is 0 Å². The van der Waals surface area contributed by atoms with Crippen molar-refractivity contribution in [3.63, 3.8) is 0 Å². The van der Waals surface area contributed by atoms with Gasteiger partial charge in [0, 0.05) is 34.8 Å². The lowest BCUT2D eigenvalue weighted by Gasteiger charge is -2.17. The van der Waals surface area contributed by atoms with Crippen LogP contribution in [0.1, 0.15) is 0 Å². The van der Waals surface area contributed by atoms with Crippen LogP contribution in [0.25, 0.3) is 0 Å². The first-order valence-electron chi connectivity index (χ1n) is 6.57. The third kappa shape index (κ3) is 5.98. The van der Waals surface area contributed by atoms with Gasteiger partial charge in [0.05, 0.1) is 11.4 Å². The predicted octanol–water partition coefficient (Wildman–Crippen LogP) is 3.03. The second kappa shape index (κ2) is 6.82. The Hall–Kier alpha value is -1.20. The molecule has 19 heavy (non-hydrogen) atoms. The monoisotopic (exact) mass is 282 g/mol. The van der Waals surface area contributed by atoms with Crippen LogP contribution in [0, 0.1) is 0 Å². The Labute approximate surface area is 117 Å². The van der Waals surface area contributed by atoms with Crippen LogP contribution < -0.4 is 15.4 Å². The maximum atomic E-state index is 5.95. The van der Waals surface area contributed by atoms with Crippen molar-refractivity contribution in [3.05, 3.63) is 18.2 Å². The largest absolute Gasteiger partial charge is 0.467 e. The minimum Gasteiger partial charge on any atom is -0.467 e. The first-order valence-corrected chi connectivity index (χ1v) is 10.3. The topological polar surface area (TPSA) is 47.7 Å². The van der Waals surface area contributed by atoms with Crippen LogP contribution in [-0.4, -0.2) is 35.6 Å². The number of nitrogens with two attached hydrogens (primary N) is 1. The molecule has 0 aliphatic heterocycles. The van der Waals surface area contributed by atoms with E-state index in [-0.39, 0.29) is 6.79 Å². The molecule has 4 nitrogen and oxygen atoms in total. The van der Waals surface area contributed by atoms with Gasteiger partial charge in [-0.2, -0.15) is 0 Å². The normalized spacial score (nSPS) is 11.4. The molecule has 0 aromatic heterocycles. The highest BCUT2D eigenvalue weighted by Crippen LogP contribution is 2.26. The van der Waals surface area contributed by atoms with Crippen LogP contribution in [0.4, 0.5) is 11.4 Å². The Bertz CT molecular complexity index is 403. The summed E-state index contributed by atoms with van der Waals surface area (Å²) in [6.45, 7) is 8.04. The first kappa shape index (κ1) is 15.9. The molecule has 0 amide bonds. The zero-order chi connectivity index (χ0) is 14.5. The molecule has 0 bridgehead atoms. The SMILES string of the molecule is CN(C)c1ccc(OCOCC[Si](C)(C)C)cc1N. The van der Waals surface area contributed by atoms with Crippen LogP contribution in [-0.2, 0) is 4.74 Å². The molecule has 1 aromatic rings. The second-order valence-electron chi connectivity index (χ2n) is 6.10. The van der Waals surface area contributed by atoms with E-state index in [4.69, 9.17) is 15.2 Å². The van der Waals surface area contributed by atoms with Gasteiger partial charge in [-0.15, -0.1) is 0 Å². The molecule has 0 unspecified atom stereocenters. The Morgan fingerprint density at radius 2 is 1.89 bits per heavy atom. The summed E-state index contributed by atoms with van der Waals surface area (Å²) in [7, 11) is 2.91. The van der Waals surface area contributed by atoms with E-state index >= 15 is 0 Å². The first-order chi connectivity index (χ1) is 8.79. The number of benzene rings is 1. The highest BCUT2D eigenvalue weighted by atomic mass is 28.3. The maximum Gasteiger partial charge on any atom is 0.189 e. The average Bonchev–Trinajstić information content (AvgIpc) is 2.26. The molecule has 0 saturated carbocycles. The molecular formula is C14H26N2O2Si. The second-order valence-corrected chi connectivity index (χ2v) is 11.7. The molecule has 2 N–H and O–H groups in total. The van der Waals surface area contributed by atoms with Gasteiger partial charge < -0.3 is 20.1 Å². The van der Waals surface area contributed by atoms with Crippen molar-refractivity contribution in [2.45, 2.75) is 25.7 Å². The number of anilines is 2. The molecular weight excluding hydrogens is 256 g/mol. The number of hydrogen-bond donors (Lipinski definition) is 1. The van der Waals surface area contributed by atoms with Gasteiger partial charge in [-0.25, -0.2) is 0 Å². The van der Waals surface area contributed by atoms with Crippen LogP contribution in [0.15, 0.2) is 18.2 Å². The molecule has 0 aliphatic rings. The molecule has 0 fully saturated rings. The standard InChI is InChI=1S/C14H26N2O2Si/c1-16(2)14-7-6-12(10-13(14)15)18-11-17-8-9-19(3,4)5/h6-7,10H,8-9,11,15H2,1-5H3. The highest BCUT2D eigenvalue weighted by Gasteiger charge is 2.12. The van der Waals surface area contributed by atoms with E-state index in [1.807, 2.05) is 37.2 Å². The summed E-state index contributed by atoms with van der Waals surface area (Å²) in [6, 6.07) is 6.84. The van der Waals surface area contributed by atoms with Crippen molar-refractivity contribution in [2.75, 3.05) is 38.1 Å². The lowest BCUT2D eigenvalue weighted by Crippen LogP contribution is -2.22. The van der Waals surface area contributed by atoms with Crippen LogP contribution in [0.5, 0.6) is 5.75 Å². The van der Waals surface area contributed by atoms with E-state index in [0.29, 0.717) is 5.69 Å². The summed E-state index contributed by atoms with van der Waals surface area (Å²) in [4.78, 5) is 1.98. The molecule has 1 rings (SSSR count). The van der Waals surface area contributed by atoms with E-state index < -0.39 is 8.07 Å². The molecule has 0 heterocycles. The lowest BCUT2D eigenvalue weighted by molar-refractivity contribution is 0.0221. The highest BCUT2D eigenvalue weighted by molar-refractivity contribution is 6.76. The van der Waals surface area contributed by atoms with Crippen molar-refractivity contribution >= 4 is 19.4 Å². The fourth-order valence-corrected chi connectivity index (χ4v) is 2.33. The van der Waals surface area contributed by atoms with Crippen molar-refractivity contribution in [1.29, 1.82) is 0 Å². The molecule has 108 valence electrons. The summed E-state index contributed by atoms with van der Waals surface area (Å²) >= 11 is 0. The minimum atomic E-state index is -1.02. The zero-order valence-electron chi connectivity index (χ0n) is 12.7. The van der Waals surface area contributed by atoms with Gasteiger partial charge in [0.1, 0.15) is 5.75 Å². The molecule has 1 aromatic carbocycles. The van der Waals surface area contributed by atoms with Crippen LogP contribution >= 0.6 is 0 Å². The number of hydrogen-bond acceptors (Lipinski definition) is 4. The Morgan fingerprint density at radius 1 is 1.21 bits per heavy atom. The quantitative estimate of drug-likeness (QED) is 0.361. The average molecular weight is 282 g/mol. The molecule has 0 aliphatic carbocycles. The number of rotatable bonds is 7. The summed E-state index contributed by atoms with van der Waals surface area (Å²) in [5.74, 6) is 0.746. The van der Waals surface area contributed by atoms with Gasteiger partial charge in [0.25, 0.3) is 0 Å². The van der Waals surface area contributed by atoms with E-state index in [1.165, 1.54) is 0 Å². The minimum absolute atomic E-state index is 0.283. The van der Waals surface area contributed by atoms with Gasteiger partial charge in [-0.3, -0.25) is 0 Å². The van der Waals surface area contributed by atoms with E-state index in [9.17, 15) is 0 Å². The summed E-state index contributed by atoms with van der Waals surface area (Å²) < 4.78 is 11.0. The van der Waals surface area contributed by atoms with E-state index in [1.54, 1.807) is 0 Å². The van der Waals surface area contributed by atoms with Gasteiger partial charge in [0.2, 0.25) is 0 Å². The number of nitrogens with zero attached hydrogens (tertiary/aromatic N) is 1. The Kier molecular flexibility index (Phi) is 5.69. The molecule has 0 atom stereocenters. The fourth-order valence-electron chi connectivity index (χ4n) is 1.58. The van der Waals surface area contributed by atoms with Crippen molar-refractivity contribution in [1.82, 2.24) is 0 Å². The van der Waals surface area contributed by atoms with Crippen LogP contribution in [0.2, 0.25) is 25.7 Å². The summed E-state index contributed by atoms with van der Waals surface area (Å²) in [5, 5.41) is 0. The molecule has 5 heteroatoms. The number of nitrogen functional groups attached to an aromatic ring is 1. The third-order valence-corrected chi connectivity index (χ3v) is 4.49.